The van der Waals surface area contributed by atoms with E-state index < -0.39 is 10.0 Å². The van der Waals surface area contributed by atoms with Crippen molar-refractivity contribution in [1.29, 1.82) is 0 Å². The third-order valence-electron chi connectivity index (χ3n) is 3.84. The van der Waals surface area contributed by atoms with Gasteiger partial charge in [-0.3, -0.25) is 4.79 Å². The Kier molecular flexibility index (Phi) is 4.97. The molecule has 1 aliphatic heterocycles. The van der Waals surface area contributed by atoms with Crippen LogP contribution in [0, 0.1) is 5.92 Å². The maximum absolute atomic E-state index is 12.2. The van der Waals surface area contributed by atoms with Gasteiger partial charge in [0.1, 0.15) is 0 Å². The standard InChI is InChI=1S/C14H21N3O3S/c1-10-7-8-16-9-13(10)17-14(18)11-3-5-12(6-4-11)21(19,20)15-2/h3-6,10,13,15-16H,7-9H2,1-2H3,(H,17,18). The van der Waals surface area contributed by atoms with E-state index in [1.807, 2.05) is 0 Å². The zero-order chi connectivity index (χ0) is 15.5. The van der Waals surface area contributed by atoms with Crippen LogP contribution in [0.15, 0.2) is 29.2 Å². The lowest BCUT2D eigenvalue weighted by atomic mass is 9.94. The minimum absolute atomic E-state index is 0.104. The van der Waals surface area contributed by atoms with E-state index in [1.165, 1.54) is 31.3 Å². The fourth-order valence-electron chi connectivity index (χ4n) is 2.34. The lowest BCUT2D eigenvalue weighted by molar-refractivity contribution is 0.0915. The average molecular weight is 311 g/mol. The molecule has 3 N–H and O–H groups in total. The maximum Gasteiger partial charge on any atom is 0.251 e. The first-order valence-electron chi connectivity index (χ1n) is 6.99. The molecular weight excluding hydrogens is 290 g/mol. The van der Waals surface area contributed by atoms with Gasteiger partial charge in [0, 0.05) is 18.2 Å². The van der Waals surface area contributed by atoms with E-state index in [4.69, 9.17) is 0 Å². The molecule has 1 aromatic rings. The molecule has 2 atom stereocenters. The lowest BCUT2D eigenvalue weighted by Crippen LogP contribution is -2.50. The topological polar surface area (TPSA) is 87.3 Å². The fraction of sp³-hybridized carbons (Fsp3) is 0.500. The summed E-state index contributed by atoms with van der Waals surface area (Å²) in [6.07, 6.45) is 1.03. The van der Waals surface area contributed by atoms with Crippen LogP contribution >= 0.6 is 0 Å². The highest BCUT2D eigenvalue weighted by Crippen LogP contribution is 2.13. The van der Waals surface area contributed by atoms with Crippen LogP contribution in [0.3, 0.4) is 0 Å². The first-order valence-corrected chi connectivity index (χ1v) is 8.47. The van der Waals surface area contributed by atoms with Crippen LogP contribution in [0.1, 0.15) is 23.7 Å². The van der Waals surface area contributed by atoms with Gasteiger partial charge in [-0.2, -0.15) is 0 Å². The van der Waals surface area contributed by atoms with Crippen LogP contribution in [-0.2, 0) is 10.0 Å². The van der Waals surface area contributed by atoms with Crippen LogP contribution in [0.2, 0.25) is 0 Å². The van der Waals surface area contributed by atoms with Crippen molar-refractivity contribution in [2.45, 2.75) is 24.3 Å². The Labute approximate surface area is 125 Å². The summed E-state index contributed by atoms with van der Waals surface area (Å²) in [6, 6.07) is 6.03. The number of piperidine rings is 1. The Morgan fingerprint density at radius 2 is 1.95 bits per heavy atom. The van der Waals surface area contributed by atoms with E-state index in [2.05, 4.69) is 22.3 Å². The van der Waals surface area contributed by atoms with Crippen molar-refractivity contribution < 1.29 is 13.2 Å². The van der Waals surface area contributed by atoms with Crippen LogP contribution in [0.4, 0.5) is 0 Å². The maximum atomic E-state index is 12.2. The Balaban J connectivity index is 2.06. The largest absolute Gasteiger partial charge is 0.348 e. The molecule has 0 aliphatic carbocycles. The predicted molar refractivity (Wildman–Crippen MR) is 80.6 cm³/mol. The van der Waals surface area contributed by atoms with Crippen molar-refractivity contribution in [3.63, 3.8) is 0 Å². The molecule has 21 heavy (non-hydrogen) atoms. The minimum atomic E-state index is -3.47. The molecule has 0 bridgehead atoms. The first-order chi connectivity index (χ1) is 9.94. The normalized spacial score (nSPS) is 22.8. The summed E-state index contributed by atoms with van der Waals surface area (Å²) in [5, 5.41) is 6.25. The van der Waals surface area contributed by atoms with E-state index in [9.17, 15) is 13.2 Å². The second-order valence-electron chi connectivity index (χ2n) is 5.28. The van der Waals surface area contributed by atoms with Gasteiger partial charge in [-0.15, -0.1) is 0 Å². The number of carbonyl (C=O) groups is 1. The molecule has 0 aromatic heterocycles. The highest BCUT2D eigenvalue weighted by molar-refractivity contribution is 7.89. The predicted octanol–water partition coefficient (Wildman–Crippen LogP) is 0.323. The SMILES string of the molecule is CNS(=O)(=O)c1ccc(C(=O)NC2CNCCC2C)cc1. The van der Waals surface area contributed by atoms with Gasteiger partial charge in [0.2, 0.25) is 10.0 Å². The van der Waals surface area contributed by atoms with Gasteiger partial charge in [0.15, 0.2) is 0 Å². The molecule has 1 heterocycles. The van der Waals surface area contributed by atoms with Crippen molar-refractivity contribution in [1.82, 2.24) is 15.4 Å². The number of hydrogen-bond donors (Lipinski definition) is 3. The molecule has 0 radical (unpaired) electrons. The molecular formula is C14H21N3O3S. The summed E-state index contributed by atoms with van der Waals surface area (Å²) >= 11 is 0. The molecule has 1 saturated heterocycles. The van der Waals surface area contributed by atoms with Gasteiger partial charge in [-0.25, -0.2) is 13.1 Å². The Hall–Kier alpha value is -1.44. The Morgan fingerprint density at radius 3 is 2.52 bits per heavy atom. The average Bonchev–Trinajstić information content (AvgIpc) is 2.49. The molecule has 6 nitrogen and oxygen atoms in total. The van der Waals surface area contributed by atoms with Gasteiger partial charge >= 0.3 is 0 Å². The van der Waals surface area contributed by atoms with Crippen LogP contribution in [0.5, 0.6) is 0 Å². The molecule has 0 spiro atoms. The number of benzene rings is 1. The van der Waals surface area contributed by atoms with E-state index >= 15 is 0 Å². The summed E-state index contributed by atoms with van der Waals surface area (Å²) < 4.78 is 25.5. The van der Waals surface area contributed by atoms with Crippen molar-refractivity contribution in [3.05, 3.63) is 29.8 Å². The number of carbonyl (C=O) groups excluding carboxylic acids is 1. The summed E-state index contributed by atoms with van der Waals surface area (Å²) in [6.45, 7) is 3.86. The van der Waals surface area contributed by atoms with E-state index in [0.29, 0.717) is 11.5 Å². The second-order valence-corrected chi connectivity index (χ2v) is 7.17. The number of rotatable bonds is 4. The van der Waals surface area contributed by atoms with Crippen molar-refractivity contribution in [3.8, 4) is 0 Å². The van der Waals surface area contributed by atoms with Crippen LogP contribution in [-0.4, -0.2) is 40.5 Å². The monoisotopic (exact) mass is 311 g/mol. The molecule has 116 valence electrons. The summed E-state index contributed by atoms with van der Waals surface area (Å²) in [7, 11) is -2.11. The van der Waals surface area contributed by atoms with Crippen molar-refractivity contribution in [2.75, 3.05) is 20.1 Å². The molecule has 1 amide bonds. The van der Waals surface area contributed by atoms with Gasteiger partial charge < -0.3 is 10.6 Å². The molecule has 1 aliphatic rings. The van der Waals surface area contributed by atoms with Crippen LogP contribution < -0.4 is 15.4 Å². The molecule has 7 heteroatoms. The number of amides is 1. The van der Waals surface area contributed by atoms with Gasteiger partial charge in [0.25, 0.3) is 5.91 Å². The van der Waals surface area contributed by atoms with Gasteiger partial charge in [0.05, 0.1) is 4.90 Å². The number of nitrogens with one attached hydrogen (secondary N) is 3. The summed E-state index contributed by atoms with van der Waals surface area (Å²) in [5.74, 6) is 0.253. The molecule has 2 rings (SSSR count). The zero-order valence-corrected chi connectivity index (χ0v) is 13.0. The smallest absolute Gasteiger partial charge is 0.251 e. The lowest BCUT2D eigenvalue weighted by Gasteiger charge is -2.30. The molecule has 1 fully saturated rings. The van der Waals surface area contributed by atoms with Gasteiger partial charge in [-0.1, -0.05) is 6.92 Å². The molecule has 2 unspecified atom stereocenters. The zero-order valence-electron chi connectivity index (χ0n) is 12.2. The molecule has 0 saturated carbocycles. The van der Waals surface area contributed by atoms with Crippen molar-refractivity contribution in [2.24, 2.45) is 5.92 Å². The van der Waals surface area contributed by atoms with E-state index in [0.717, 1.165) is 19.5 Å². The fourth-order valence-corrected chi connectivity index (χ4v) is 3.07. The number of sulfonamides is 1. The van der Waals surface area contributed by atoms with Crippen LogP contribution in [0.25, 0.3) is 0 Å². The number of hydrogen-bond acceptors (Lipinski definition) is 4. The summed E-state index contributed by atoms with van der Waals surface area (Å²) in [5.41, 5.74) is 0.461. The van der Waals surface area contributed by atoms with Crippen molar-refractivity contribution >= 4 is 15.9 Å². The van der Waals surface area contributed by atoms with Gasteiger partial charge in [-0.05, 0) is 50.2 Å². The Bertz CT molecular complexity index is 598. The quantitative estimate of drug-likeness (QED) is 0.747. The first kappa shape index (κ1) is 15.9. The minimum Gasteiger partial charge on any atom is -0.348 e. The summed E-state index contributed by atoms with van der Waals surface area (Å²) in [4.78, 5) is 12.3. The highest BCUT2D eigenvalue weighted by atomic mass is 32.2. The Morgan fingerprint density at radius 1 is 1.29 bits per heavy atom. The highest BCUT2D eigenvalue weighted by Gasteiger charge is 2.23. The second kappa shape index (κ2) is 6.55. The van der Waals surface area contributed by atoms with E-state index in [1.54, 1.807) is 0 Å². The molecule has 1 aromatic carbocycles. The third-order valence-corrected chi connectivity index (χ3v) is 5.27. The van der Waals surface area contributed by atoms with E-state index in [-0.39, 0.29) is 16.8 Å². The third kappa shape index (κ3) is 3.81.